The highest BCUT2D eigenvalue weighted by Gasteiger charge is 2.19. The summed E-state index contributed by atoms with van der Waals surface area (Å²) in [5.41, 5.74) is 0. The van der Waals surface area contributed by atoms with E-state index in [0.717, 1.165) is 22.1 Å². The van der Waals surface area contributed by atoms with E-state index in [0.29, 0.717) is 10.7 Å². The average molecular weight is 346 g/mol. The Morgan fingerprint density at radius 3 is 2.57 bits per heavy atom. The Balaban J connectivity index is 2.07. The van der Waals surface area contributed by atoms with Crippen molar-refractivity contribution in [1.29, 1.82) is 0 Å². The molecule has 2 heterocycles. The minimum absolute atomic E-state index is 0.204. The van der Waals surface area contributed by atoms with Crippen LogP contribution in [0.3, 0.4) is 0 Å². The summed E-state index contributed by atoms with van der Waals surface area (Å²) < 4.78 is 1.46. The number of fused-ring (bicyclic) bond motifs is 1. The number of hydrogen-bond donors (Lipinski definition) is 1. The van der Waals surface area contributed by atoms with E-state index < -0.39 is 12.0 Å². The molecule has 23 heavy (non-hydrogen) atoms. The van der Waals surface area contributed by atoms with Crippen molar-refractivity contribution in [3.63, 3.8) is 0 Å². The van der Waals surface area contributed by atoms with Crippen molar-refractivity contribution in [2.45, 2.75) is 19.4 Å². The van der Waals surface area contributed by atoms with Crippen molar-refractivity contribution in [1.82, 2.24) is 4.57 Å². The molecule has 0 radical (unpaired) electrons. The first-order valence-electron chi connectivity index (χ1n) is 6.90. The van der Waals surface area contributed by atoms with Gasteiger partial charge in [0, 0.05) is 6.08 Å². The number of carboxylic acid groups (broad SMARTS) is 1. The third-order valence-corrected chi connectivity index (χ3v) is 4.76. The zero-order valence-corrected chi connectivity index (χ0v) is 13.7. The van der Waals surface area contributed by atoms with E-state index in [-0.39, 0.29) is 16.3 Å². The first kappa shape index (κ1) is 15.6. The van der Waals surface area contributed by atoms with Crippen molar-refractivity contribution in [3.05, 3.63) is 49.6 Å². The summed E-state index contributed by atoms with van der Waals surface area (Å²) in [5, 5.41) is 23.0. The fourth-order valence-corrected chi connectivity index (χ4v) is 3.66. The topological polar surface area (TPSA) is 90.0 Å². The number of carbonyl (C=O) groups excluding carboxylic acids is 1. The van der Waals surface area contributed by atoms with E-state index in [2.05, 4.69) is 9.98 Å². The molecule has 0 aliphatic carbocycles. The van der Waals surface area contributed by atoms with Crippen molar-refractivity contribution >= 4 is 35.6 Å². The maximum Gasteiger partial charge on any atom is 0.211 e. The highest BCUT2D eigenvalue weighted by atomic mass is 32.1. The first-order valence-corrected chi connectivity index (χ1v) is 8.13. The predicted octanol–water partition coefficient (Wildman–Crippen LogP) is 0.937. The summed E-state index contributed by atoms with van der Waals surface area (Å²) in [4.78, 5) is 20.3. The second-order valence-corrected chi connectivity index (χ2v) is 6.56. The highest BCUT2D eigenvalue weighted by Crippen LogP contribution is 2.32. The molecule has 1 aromatic carbocycles. The summed E-state index contributed by atoms with van der Waals surface area (Å²) >= 11 is 6.28. The molecule has 3 rings (SSSR count). The number of aromatic nitrogens is 1. The molecule has 6 nitrogen and oxygen atoms in total. The molecule has 118 valence electrons. The molecule has 0 amide bonds. The number of rotatable bonds is 4. The quantitative estimate of drug-likeness (QED) is 0.834. The molecule has 1 N–H and O–H groups in total. The van der Waals surface area contributed by atoms with Crippen LogP contribution >= 0.6 is 23.6 Å². The van der Waals surface area contributed by atoms with Crippen molar-refractivity contribution in [2.24, 2.45) is 9.98 Å². The van der Waals surface area contributed by atoms with E-state index in [9.17, 15) is 15.0 Å². The lowest BCUT2D eigenvalue weighted by atomic mass is 10.2. The average Bonchev–Trinajstić information content (AvgIpc) is 3.03. The van der Waals surface area contributed by atoms with Gasteiger partial charge in [0.15, 0.2) is 9.78 Å². The highest BCUT2D eigenvalue weighted by molar-refractivity contribution is 7.73. The minimum Gasteiger partial charge on any atom is -0.548 e. The lowest BCUT2D eigenvalue weighted by molar-refractivity contribution is -0.310. The molecule has 1 atom stereocenters. The molecule has 2 aromatic rings. The number of carbonyl (C=O) groups is 1. The Bertz CT molecular complexity index is 951. The molecule has 0 fully saturated rings. The van der Waals surface area contributed by atoms with Crippen LogP contribution in [0.15, 0.2) is 40.1 Å². The number of thiazole rings is 1. The van der Waals surface area contributed by atoms with Crippen LogP contribution < -0.4 is 15.8 Å². The fraction of sp³-hybridized carbons (Fsp3) is 0.200. The lowest BCUT2D eigenvalue weighted by Crippen LogP contribution is -2.32. The van der Waals surface area contributed by atoms with Crippen molar-refractivity contribution in [2.75, 3.05) is 0 Å². The molecule has 1 aliphatic rings. The monoisotopic (exact) mass is 346 g/mol. The maximum absolute atomic E-state index is 11.2. The van der Waals surface area contributed by atoms with Gasteiger partial charge < -0.3 is 15.0 Å². The van der Waals surface area contributed by atoms with Crippen LogP contribution in [0.25, 0.3) is 6.08 Å². The molecule has 1 aliphatic heterocycles. The smallest absolute Gasteiger partial charge is 0.211 e. The van der Waals surface area contributed by atoms with Crippen LogP contribution in [0.2, 0.25) is 0 Å². The van der Waals surface area contributed by atoms with Gasteiger partial charge in [-0.15, -0.1) is 11.3 Å². The van der Waals surface area contributed by atoms with E-state index in [1.54, 1.807) is 13.0 Å². The zero-order chi connectivity index (χ0) is 16.6. The number of benzene rings is 1. The van der Waals surface area contributed by atoms with Crippen LogP contribution in [0.1, 0.15) is 24.3 Å². The van der Waals surface area contributed by atoms with Crippen LogP contribution in [-0.2, 0) is 4.79 Å². The lowest BCUT2D eigenvalue weighted by Gasteiger charge is -2.18. The fourth-order valence-electron chi connectivity index (χ4n) is 2.32. The number of para-hydroxylation sites is 2. The van der Waals surface area contributed by atoms with Crippen LogP contribution in [0, 0.1) is 3.95 Å². The van der Waals surface area contributed by atoms with E-state index in [1.165, 1.54) is 4.57 Å². The molecule has 8 heteroatoms. The number of hydrogen-bond acceptors (Lipinski definition) is 7. The second kappa shape index (κ2) is 6.05. The Morgan fingerprint density at radius 1 is 1.43 bits per heavy atom. The Morgan fingerprint density at radius 2 is 2.04 bits per heavy atom. The first-order chi connectivity index (χ1) is 11.0. The zero-order valence-electron chi connectivity index (χ0n) is 12.1. The van der Waals surface area contributed by atoms with Gasteiger partial charge in [0.05, 0.1) is 27.6 Å². The van der Waals surface area contributed by atoms with Gasteiger partial charge in [-0.1, -0.05) is 19.1 Å². The van der Waals surface area contributed by atoms with E-state index in [4.69, 9.17) is 12.2 Å². The number of nitrogens with zero attached hydrogens (tertiary/aromatic N) is 3. The van der Waals surface area contributed by atoms with Gasteiger partial charge in [0.1, 0.15) is 0 Å². The number of aliphatic carboxylic acids is 1. The van der Waals surface area contributed by atoms with Crippen molar-refractivity contribution in [3.8, 4) is 5.88 Å². The summed E-state index contributed by atoms with van der Waals surface area (Å²) in [6.45, 7) is 1.69. The summed E-state index contributed by atoms with van der Waals surface area (Å²) in [5.74, 6) is -1.05. The van der Waals surface area contributed by atoms with Gasteiger partial charge >= 0.3 is 0 Å². The van der Waals surface area contributed by atoms with Crippen LogP contribution in [0.4, 0.5) is 0 Å². The third kappa shape index (κ3) is 2.82. The van der Waals surface area contributed by atoms with Gasteiger partial charge in [0.2, 0.25) is 5.88 Å². The normalized spacial score (nSPS) is 13.9. The molecule has 0 spiro atoms. The predicted molar refractivity (Wildman–Crippen MR) is 85.9 cm³/mol. The molecule has 1 aromatic heterocycles. The molecule has 0 saturated heterocycles. The Labute approximate surface area is 140 Å². The molecular formula is C15H12N3O3S2-. The Hall–Kier alpha value is -2.32. The summed E-state index contributed by atoms with van der Waals surface area (Å²) in [6.07, 6.45) is 1.85. The third-order valence-electron chi connectivity index (χ3n) is 3.42. The van der Waals surface area contributed by atoms with Crippen molar-refractivity contribution < 1.29 is 15.0 Å². The maximum atomic E-state index is 11.2. The molecule has 0 bridgehead atoms. The second-order valence-electron chi connectivity index (χ2n) is 4.88. The van der Waals surface area contributed by atoms with Crippen LogP contribution in [0.5, 0.6) is 5.88 Å². The summed E-state index contributed by atoms with van der Waals surface area (Å²) in [7, 11) is 0. The Kier molecular flexibility index (Phi) is 4.10. The summed E-state index contributed by atoms with van der Waals surface area (Å²) in [6, 6.07) is 6.42. The number of aromatic hydroxyl groups is 1. The minimum atomic E-state index is -1.28. The van der Waals surface area contributed by atoms with Gasteiger partial charge in [0.25, 0.3) is 0 Å². The molecular weight excluding hydrogens is 334 g/mol. The SMILES string of the molecule is CC[C@@H](C(=O)[O-])n1c(O)c(C=C2N=c3ccccc3=N2)sc1=S. The standard InChI is InChI=1S/C15H13N3O3S2/c1-2-10(14(20)21)18-13(19)11(23-15(18)22)7-12-16-8-5-3-4-6-9(8)17-12/h3-7,10,19H,2H2,1H3,(H,20,21)/p-1/t10-/m0/s1. The van der Waals surface area contributed by atoms with E-state index >= 15 is 0 Å². The van der Waals surface area contributed by atoms with Gasteiger partial charge in [-0.3, -0.25) is 4.57 Å². The largest absolute Gasteiger partial charge is 0.548 e. The van der Waals surface area contributed by atoms with Gasteiger partial charge in [-0.05, 0) is 30.8 Å². The number of carboxylic acids is 1. The van der Waals surface area contributed by atoms with Gasteiger partial charge in [-0.25, -0.2) is 9.98 Å². The van der Waals surface area contributed by atoms with E-state index in [1.807, 2.05) is 24.3 Å². The molecule has 0 saturated carbocycles. The van der Waals surface area contributed by atoms with Crippen LogP contribution in [-0.4, -0.2) is 15.6 Å². The molecule has 0 unspecified atom stereocenters. The van der Waals surface area contributed by atoms with Gasteiger partial charge in [-0.2, -0.15) is 0 Å².